The van der Waals surface area contributed by atoms with Gasteiger partial charge < -0.3 is 10.4 Å². The van der Waals surface area contributed by atoms with Crippen LogP contribution < -0.4 is 5.32 Å². The second kappa shape index (κ2) is 6.37. The number of aryl methyl sites for hydroxylation is 1. The minimum Gasteiger partial charge on any atom is -0.481 e. The summed E-state index contributed by atoms with van der Waals surface area (Å²) in [6.07, 6.45) is 7.21. The van der Waals surface area contributed by atoms with Gasteiger partial charge >= 0.3 is 5.97 Å². The summed E-state index contributed by atoms with van der Waals surface area (Å²) in [5.41, 5.74) is 1.33. The number of nitrogens with one attached hydrogen (secondary N) is 1. The first kappa shape index (κ1) is 14.3. The molecule has 0 amide bonds. The molecule has 0 aliphatic heterocycles. The molecule has 4 nitrogen and oxygen atoms in total. The lowest BCUT2D eigenvalue weighted by atomic mass is 9.83. The van der Waals surface area contributed by atoms with E-state index < -0.39 is 5.97 Å². The van der Waals surface area contributed by atoms with Gasteiger partial charge in [-0.25, -0.2) is 4.98 Å². The molecule has 0 unspecified atom stereocenters. The zero-order valence-corrected chi connectivity index (χ0v) is 12.3. The summed E-state index contributed by atoms with van der Waals surface area (Å²) in [4.78, 5) is 15.0. The number of nitrogens with zero attached hydrogens (tertiary/aromatic N) is 1. The van der Waals surface area contributed by atoms with Crippen molar-refractivity contribution in [2.24, 2.45) is 5.41 Å². The quantitative estimate of drug-likeness (QED) is 0.803. The molecule has 5 heteroatoms. The number of carboxylic acid groups (broad SMARTS) is 1. The maximum Gasteiger partial charge on any atom is 0.303 e. The van der Waals surface area contributed by atoms with E-state index in [4.69, 9.17) is 5.11 Å². The number of aromatic nitrogens is 1. The molecule has 0 bridgehead atoms. The molecule has 0 radical (unpaired) electrons. The average Bonchev–Trinajstić information content (AvgIpc) is 3.04. The Balaban J connectivity index is 1.84. The molecule has 1 aliphatic carbocycles. The molecule has 19 heavy (non-hydrogen) atoms. The lowest BCUT2D eigenvalue weighted by molar-refractivity contribution is -0.136. The first-order valence-corrected chi connectivity index (χ1v) is 7.92. The van der Waals surface area contributed by atoms with Crippen LogP contribution in [0.3, 0.4) is 0 Å². The zero-order chi connectivity index (χ0) is 13.7. The molecule has 1 aromatic heterocycles. The molecule has 1 aliphatic rings. The van der Waals surface area contributed by atoms with E-state index in [0.29, 0.717) is 11.8 Å². The Hall–Kier alpha value is -1.10. The number of thiazole rings is 1. The lowest BCUT2D eigenvalue weighted by Crippen LogP contribution is -2.25. The van der Waals surface area contributed by atoms with Gasteiger partial charge in [-0.3, -0.25) is 4.79 Å². The van der Waals surface area contributed by atoms with Gasteiger partial charge in [0.2, 0.25) is 0 Å². The lowest BCUT2D eigenvalue weighted by Gasteiger charge is -2.27. The van der Waals surface area contributed by atoms with Crippen molar-refractivity contribution in [3.8, 4) is 0 Å². The van der Waals surface area contributed by atoms with Gasteiger partial charge in [0.15, 0.2) is 5.13 Å². The van der Waals surface area contributed by atoms with Crippen molar-refractivity contribution in [3.05, 3.63) is 11.1 Å². The van der Waals surface area contributed by atoms with Crippen molar-refractivity contribution in [1.29, 1.82) is 0 Å². The van der Waals surface area contributed by atoms with Crippen LogP contribution in [0.5, 0.6) is 0 Å². The summed E-state index contributed by atoms with van der Waals surface area (Å²) in [5, 5.41) is 15.0. The normalized spacial score (nSPS) is 17.5. The van der Waals surface area contributed by atoms with Crippen LogP contribution in [-0.2, 0) is 11.2 Å². The van der Waals surface area contributed by atoms with Crippen LogP contribution in [0.2, 0.25) is 0 Å². The van der Waals surface area contributed by atoms with Crippen molar-refractivity contribution in [3.63, 3.8) is 0 Å². The molecule has 2 N–H and O–H groups in total. The fourth-order valence-electron chi connectivity index (χ4n) is 2.78. The van der Waals surface area contributed by atoms with E-state index in [1.807, 2.05) is 5.38 Å². The third-order valence-electron chi connectivity index (χ3n) is 4.18. The van der Waals surface area contributed by atoms with E-state index in [2.05, 4.69) is 17.2 Å². The predicted molar refractivity (Wildman–Crippen MR) is 77.8 cm³/mol. The Bertz CT molecular complexity index is 425. The van der Waals surface area contributed by atoms with E-state index in [0.717, 1.165) is 17.4 Å². The smallest absolute Gasteiger partial charge is 0.303 e. The summed E-state index contributed by atoms with van der Waals surface area (Å²) in [5.74, 6) is -0.765. The summed E-state index contributed by atoms with van der Waals surface area (Å²) in [6.45, 7) is 3.27. The third-order valence-corrected chi connectivity index (χ3v) is 5.02. The monoisotopic (exact) mass is 282 g/mol. The minimum atomic E-state index is -0.765. The highest BCUT2D eigenvalue weighted by atomic mass is 32.1. The SMILES string of the molecule is CCC1(CNc2nc(CCC(=O)O)cs2)CCCC1. The second-order valence-corrected chi connectivity index (χ2v) is 6.31. The molecule has 1 fully saturated rings. The minimum absolute atomic E-state index is 0.155. The number of hydrogen-bond donors (Lipinski definition) is 2. The number of hydrogen-bond acceptors (Lipinski definition) is 4. The molecular formula is C14H22N2O2S. The van der Waals surface area contributed by atoms with Gasteiger partial charge in [-0.1, -0.05) is 19.8 Å². The number of carboxylic acids is 1. The van der Waals surface area contributed by atoms with Crippen molar-refractivity contribution in [2.75, 3.05) is 11.9 Å². The van der Waals surface area contributed by atoms with Gasteiger partial charge in [-0.05, 0) is 24.7 Å². The van der Waals surface area contributed by atoms with Crippen LogP contribution in [0.1, 0.15) is 51.1 Å². The molecule has 1 saturated carbocycles. The summed E-state index contributed by atoms with van der Waals surface area (Å²) >= 11 is 1.58. The highest BCUT2D eigenvalue weighted by molar-refractivity contribution is 7.13. The maximum atomic E-state index is 10.5. The largest absolute Gasteiger partial charge is 0.481 e. The van der Waals surface area contributed by atoms with Crippen LogP contribution in [0.25, 0.3) is 0 Å². The summed E-state index contributed by atoms with van der Waals surface area (Å²) in [6, 6.07) is 0. The Kier molecular flexibility index (Phi) is 4.80. The third kappa shape index (κ3) is 3.93. The number of rotatable bonds is 7. The molecule has 0 spiro atoms. The molecule has 0 aromatic carbocycles. The molecular weight excluding hydrogens is 260 g/mol. The highest BCUT2D eigenvalue weighted by Gasteiger charge is 2.31. The molecule has 2 rings (SSSR count). The van der Waals surface area contributed by atoms with E-state index in [9.17, 15) is 4.79 Å². The van der Waals surface area contributed by atoms with Crippen LogP contribution in [0, 0.1) is 5.41 Å². The Morgan fingerprint density at radius 3 is 2.89 bits per heavy atom. The summed E-state index contributed by atoms with van der Waals surface area (Å²) in [7, 11) is 0. The molecule has 1 heterocycles. The van der Waals surface area contributed by atoms with Gasteiger partial charge in [0.05, 0.1) is 12.1 Å². The highest BCUT2D eigenvalue weighted by Crippen LogP contribution is 2.41. The number of aliphatic carboxylic acids is 1. The van der Waals surface area contributed by atoms with Crippen LogP contribution >= 0.6 is 11.3 Å². The zero-order valence-electron chi connectivity index (χ0n) is 11.4. The number of carbonyl (C=O) groups is 1. The molecule has 1 aromatic rings. The van der Waals surface area contributed by atoms with Gasteiger partial charge in [0.25, 0.3) is 0 Å². The van der Waals surface area contributed by atoms with E-state index in [-0.39, 0.29) is 6.42 Å². The van der Waals surface area contributed by atoms with Crippen molar-refractivity contribution in [1.82, 2.24) is 4.98 Å². The van der Waals surface area contributed by atoms with Crippen molar-refractivity contribution < 1.29 is 9.90 Å². The number of anilines is 1. The van der Waals surface area contributed by atoms with Crippen LogP contribution in [0.15, 0.2) is 5.38 Å². The predicted octanol–water partition coefficient (Wildman–Crippen LogP) is 3.54. The van der Waals surface area contributed by atoms with E-state index in [1.165, 1.54) is 32.1 Å². The van der Waals surface area contributed by atoms with Gasteiger partial charge in [0.1, 0.15) is 0 Å². The standard InChI is InChI=1S/C14H22N2O2S/c1-2-14(7-3-4-8-14)10-15-13-16-11(9-19-13)5-6-12(17)18/h9H,2-8,10H2,1H3,(H,15,16)(H,17,18). The second-order valence-electron chi connectivity index (χ2n) is 5.45. The molecule has 0 saturated heterocycles. The van der Waals surface area contributed by atoms with Crippen LogP contribution in [0.4, 0.5) is 5.13 Å². The first-order valence-electron chi connectivity index (χ1n) is 7.04. The van der Waals surface area contributed by atoms with E-state index in [1.54, 1.807) is 11.3 Å². The van der Waals surface area contributed by atoms with Crippen LogP contribution in [-0.4, -0.2) is 22.6 Å². The Morgan fingerprint density at radius 2 is 2.26 bits per heavy atom. The molecule has 0 atom stereocenters. The van der Waals surface area contributed by atoms with Gasteiger partial charge in [-0.15, -0.1) is 11.3 Å². The molecule has 106 valence electrons. The first-order chi connectivity index (χ1) is 9.13. The Morgan fingerprint density at radius 1 is 1.53 bits per heavy atom. The van der Waals surface area contributed by atoms with Gasteiger partial charge in [-0.2, -0.15) is 0 Å². The summed E-state index contributed by atoms with van der Waals surface area (Å²) < 4.78 is 0. The van der Waals surface area contributed by atoms with Crippen molar-refractivity contribution in [2.45, 2.75) is 51.9 Å². The average molecular weight is 282 g/mol. The van der Waals surface area contributed by atoms with Gasteiger partial charge in [0, 0.05) is 18.3 Å². The fraction of sp³-hybridized carbons (Fsp3) is 0.714. The topological polar surface area (TPSA) is 62.2 Å². The fourth-order valence-corrected chi connectivity index (χ4v) is 3.53. The maximum absolute atomic E-state index is 10.5. The van der Waals surface area contributed by atoms with Crippen molar-refractivity contribution >= 4 is 22.4 Å². The Labute approximate surface area is 118 Å². The van der Waals surface area contributed by atoms with E-state index >= 15 is 0 Å².